The first-order valence-electron chi connectivity index (χ1n) is 3.32. The van der Waals surface area contributed by atoms with Crippen LogP contribution in [0.25, 0.3) is 0 Å². The van der Waals surface area contributed by atoms with Gasteiger partial charge in [0.05, 0.1) is 22.7 Å². The number of nitrogens with zero attached hydrogens (tertiary/aromatic N) is 1. The smallest absolute Gasteiger partial charge is 0.0652 e. The maximum Gasteiger partial charge on any atom is 0.0652 e. The second-order valence-corrected chi connectivity index (χ2v) is 3.12. The summed E-state index contributed by atoms with van der Waals surface area (Å²) in [5, 5.41) is 9.53. The molecule has 0 saturated heterocycles. The van der Waals surface area contributed by atoms with Crippen LogP contribution in [0.15, 0.2) is 12.4 Å². The SMILES string of the molecule is Cl.Cl.N[C@@H](CO)c1c(Cl)cncc1Cl. The molecule has 82 valence electrons. The number of aliphatic hydroxyl groups is 1. The van der Waals surface area contributed by atoms with Crippen molar-refractivity contribution in [3.05, 3.63) is 28.0 Å². The van der Waals surface area contributed by atoms with Crippen LogP contribution in [-0.2, 0) is 0 Å². The highest BCUT2D eigenvalue weighted by molar-refractivity contribution is 6.35. The first-order valence-corrected chi connectivity index (χ1v) is 4.07. The number of pyridine rings is 1. The van der Waals surface area contributed by atoms with Crippen molar-refractivity contribution in [1.82, 2.24) is 4.98 Å². The van der Waals surface area contributed by atoms with Crippen LogP contribution >= 0.6 is 48.0 Å². The van der Waals surface area contributed by atoms with Crippen molar-refractivity contribution in [3.8, 4) is 0 Å². The third kappa shape index (κ3) is 3.77. The van der Waals surface area contributed by atoms with Crippen molar-refractivity contribution in [2.24, 2.45) is 5.73 Å². The molecule has 3 N–H and O–H groups in total. The standard InChI is InChI=1S/C7H8Cl2N2O.2ClH/c8-4-1-11-2-5(9)7(4)6(10)3-12;;/h1-2,6,12H,3,10H2;2*1H/t6-;;/m0../s1. The fourth-order valence-electron chi connectivity index (χ4n) is 0.867. The molecule has 0 aliphatic carbocycles. The minimum Gasteiger partial charge on any atom is -0.394 e. The van der Waals surface area contributed by atoms with Gasteiger partial charge in [-0.2, -0.15) is 0 Å². The molecule has 0 aliphatic rings. The summed E-state index contributed by atoms with van der Waals surface area (Å²) in [6.45, 7) is -0.191. The second-order valence-electron chi connectivity index (χ2n) is 2.31. The van der Waals surface area contributed by atoms with Gasteiger partial charge in [-0.3, -0.25) is 4.98 Å². The second kappa shape index (κ2) is 7.51. The molecule has 3 nitrogen and oxygen atoms in total. The Balaban J connectivity index is 0. The fraction of sp³-hybridized carbons (Fsp3) is 0.286. The molecular weight excluding hydrogens is 270 g/mol. The minimum atomic E-state index is -0.548. The number of hydrogen-bond donors (Lipinski definition) is 2. The average molecular weight is 280 g/mol. The number of hydrogen-bond acceptors (Lipinski definition) is 3. The van der Waals surface area contributed by atoms with Crippen LogP contribution in [0.5, 0.6) is 0 Å². The molecule has 7 heteroatoms. The van der Waals surface area contributed by atoms with Crippen molar-refractivity contribution < 1.29 is 5.11 Å². The van der Waals surface area contributed by atoms with Gasteiger partial charge in [0.25, 0.3) is 0 Å². The van der Waals surface area contributed by atoms with Crippen LogP contribution < -0.4 is 5.73 Å². The normalized spacial score (nSPS) is 11.1. The van der Waals surface area contributed by atoms with E-state index in [1.165, 1.54) is 12.4 Å². The van der Waals surface area contributed by atoms with Crippen LogP contribution in [0.4, 0.5) is 0 Å². The van der Waals surface area contributed by atoms with Gasteiger partial charge in [0, 0.05) is 18.0 Å². The van der Waals surface area contributed by atoms with Crippen molar-refractivity contribution in [2.45, 2.75) is 6.04 Å². The van der Waals surface area contributed by atoms with Gasteiger partial charge in [0.1, 0.15) is 0 Å². The van der Waals surface area contributed by atoms with E-state index in [0.717, 1.165) is 0 Å². The van der Waals surface area contributed by atoms with E-state index in [1.807, 2.05) is 0 Å². The summed E-state index contributed by atoms with van der Waals surface area (Å²) < 4.78 is 0. The Labute approximate surface area is 104 Å². The fourth-order valence-corrected chi connectivity index (χ4v) is 1.51. The first kappa shape index (κ1) is 16.7. The highest BCUT2D eigenvalue weighted by Gasteiger charge is 2.12. The molecule has 1 rings (SSSR count). The van der Waals surface area contributed by atoms with E-state index >= 15 is 0 Å². The monoisotopic (exact) mass is 278 g/mol. The van der Waals surface area contributed by atoms with Gasteiger partial charge in [-0.25, -0.2) is 0 Å². The highest BCUT2D eigenvalue weighted by atomic mass is 35.5. The maximum atomic E-state index is 8.77. The van der Waals surface area contributed by atoms with Gasteiger partial charge in [-0.1, -0.05) is 23.2 Å². The van der Waals surface area contributed by atoms with E-state index in [2.05, 4.69) is 4.98 Å². The van der Waals surface area contributed by atoms with Gasteiger partial charge < -0.3 is 10.8 Å². The van der Waals surface area contributed by atoms with Gasteiger partial charge >= 0.3 is 0 Å². The number of rotatable bonds is 2. The lowest BCUT2D eigenvalue weighted by atomic mass is 10.1. The molecule has 0 bridgehead atoms. The summed E-state index contributed by atoms with van der Waals surface area (Å²) in [5.41, 5.74) is 6.09. The number of nitrogens with two attached hydrogens (primary N) is 1. The molecular formula is C7H10Cl4N2O. The predicted molar refractivity (Wildman–Crippen MR) is 62.8 cm³/mol. The zero-order chi connectivity index (χ0) is 9.14. The summed E-state index contributed by atoms with van der Waals surface area (Å²) in [4.78, 5) is 3.76. The van der Waals surface area contributed by atoms with Gasteiger partial charge in [0.2, 0.25) is 0 Å². The molecule has 0 aromatic carbocycles. The van der Waals surface area contributed by atoms with Crippen molar-refractivity contribution in [2.75, 3.05) is 6.61 Å². The lowest BCUT2D eigenvalue weighted by molar-refractivity contribution is 0.268. The van der Waals surface area contributed by atoms with Crippen LogP contribution in [0, 0.1) is 0 Å². The largest absolute Gasteiger partial charge is 0.394 e. The molecule has 1 heterocycles. The predicted octanol–water partition coefficient (Wildman–Crippen LogP) is 2.22. The van der Waals surface area contributed by atoms with Crippen LogP contribution in [0.2, 0.25) is 10.0 Å². The summed E-state index contributed by atoms with van der Waals surface area (Å²) in [6, 6.07) is -0.548. The van der Waals surface area contributed by atoms with Gasteiger partial charge in [-0.05, 0) is 0 Å². The molecule has 0 unspecified atom stereocenters. The van der Waals surface area contributed by atoms with Crippen molar-refractivity contribution >= 4 is 48.0 Å². The lowest BCUT2D eigenvalue weighted by Crippen LogP contribution is -2.15. The molecule has 14 heavy (non-hydrogen) atoms. The van der Waals surface area contributed by atoms with Crippen LogP contribution in [0.3, 0.4) is 0 Å². The zero-order valence-corrected chi connectivity index (χ0v) is 10.1. The Morgan fingerprint density at radius 2 is 1.71 bits per heavy atom. The molecule has 0 amide bonds. The third-order valence-corrected chi connectivity index (χ3v) is 2.06. The van der Waals surface area contributed by atoms with Crippen molar-refractivity contribution in [3.63, 3.8) is 0 Å². The van der Waals surface area contributed by atoms with Gasteiger partial charge in [0.15, 0.2) is 0 Å². The number of aliphatic hydroxyl groups excluding tert-OH is 1. The van der Waals surface area contributed by atoms with Crippen LogP contribution in [0.1, 0.15) is 11.6 Å². The number of aromatic nitrogens is 1. The third-order valence-electron chi connectivity index (χ3n) is 1.46. The molecule has 0 radical (unpaired) electrons. The molecule has 1 aromatic rings. The molecule has 0 saturated carbocycles. The Morgan fingerprint density at radius 1 is 1.29 bits per heavy atom. The summed E-state index contributed by atoms with van der Waals surface area (Å²) in [7, 11) is 0. The van der Waals surface area contributed by atoms with E-state index < -0.39 is 6.04 Å². The van der Waals surface area contributed by atoms with E-state index in [4.69, 9.17) is 34.0 Å². The Hall–Kier alpha value is 0.230. The van der Waals surface area contributed by atoms with E-state index in [9.17, 15) is 0 Å². The topological polar surface area (TPSA) is 59.1 Å². The first-order chi connectivity index (χ1) is 5.66. The summed E-state index contributed by atoms with van der Waals surface area (Å²) >= 11 is 11.5. The zero-order valence-electron chi connectivity index (χ0n) is 6.98. The van der Waals surface area contributed by atoms with Gasteiger partial charge in [-0.15, -0.1) is 24.8 Å². The average Bonchev–Trinajstić information content (AvgIpc) is 2.03. The molecule has 0 fully saturated rings. The molecule has 1 atom stereocenters. The minimum absolute atomic E-state index is 0. The van der Waals surface area contributed by atoms with Crippen LogP contribution in [-0.4, -0.2) is 16.7 Å². The van der Waals surface area contributed by atoms with E-state index in [-0.39, 0.29) is 31.4 Å². The Morgan fingerprint density at radius 3 is 2.07 bits per heavy atom. The van der Waals surface area contributed by atoms with E-state index in [0.29, 0.717) is 15.6 Å². The Bertz CT molecular complexity index is 264. The van der Waals surface area contributed by atoms with Crippen molar-refractivity contribution in [1.29, 1.82) is 0 Å². The summed E-state index contributed by atoms with van der Waals surface area (Å²) in [6.07, 6.45) is 2.89. The molecule has 0 aliphatic heterocycles. The summed E-state index contributed by atoms with van der Waals surface area (Å²) in [5.74, 6) is 0. The lowest BCUT2D eigenvalue weighted by Gasteiger charge is -2.11. The Kier molecular flexibility index (Phi) is 8.94. The molecule has 0 spiro atoms. The maximum absolute atomic E-state index is 8.77. The highest BCUT2D eigenvalue weighted by Crippen LogP contribution is 2.27. The molecule has 1 aromatic heterocycles. The van der Waals surface area contributed by atoms with E-state index in [1.54, 1.807) is 0 Å². The number of halogens is 4. The quantitative estimate of drug-likeness (QED) is 0.873.